The molecule has 0 spiro atoms. The summed E-state index contributed by atoms with van der Waals surface area (Å²) in [6.07, 6.45) is 0. The van der Waals surface area contributed by atoms with Crippen LogP contribution in [-0.2, 0) is 9.53 Å². The lowest BCUT2D eigenvalue weighted by Gasteiger charge is -2.20. The molecule has 0 saturated carbocycles. The predicted molar refractivity (Wildman–Crippen MR) is 75.3 cm³/mol. The average Bonchev–Trinajstić information content (AvgIpc) is 2.96. The Labute approximate surface area is 119 Å². The summed E-state index contributed by atoms with van der Waals surface area (Å²) in [6, 6.07) is 5.65. The van der Waals surface area contributed by atoms with Crippen LogP contribution >= 0.6 is 0 Å². The van der Waals surface area contributed by atoms with Crippen molar-refractivity contribution in [3.05, 3.63) is 23.8 Å². The molecule has 1 N–H and O–H groups in total. The fourth-order valence-corrected chi connectivity index (χ4v) is 2.63. The highest BCUT2D eigenvalue weighted by Gasteiger charge is 2.36. The molecule has 110 valence electrons. The number of benzene rings is 1. The first-order chi connectivity index (χ1) is 9.71. The zero-order valence-electron chi connectivity index (χ0n) is 12.1. The standard InChI is InChI=1S/C15H21NO4/c1-4-20-15(17)13-9-16-8-12(13)11-7-10(18-2)5-6-14(11)19-3/h5-7,12-13,16H,4,8-9H2,1-3H3/t12-,13+/m0/s1. The summed E-state index contributed by atoms with van der Waals surface area (Å²) in [5.74, 6) is 1.23. The maximum Gasteiger partial charge on any atom is 0.310 e. The molecule has 0 unspecified atom stereocenters. The SMILES string of the molecule is CCOC(=O)[C@@H]1CNC[C@H]1c1cc(OC)ccc1OC. The number of hydrogen-bond acceptors (Lipinski definition) is 5. The average molecular weight is 279 g/mol. The zero-order chi connectivity index (χ0) is 14.5. The van der Waals surface area contributed by atoms with E-state index in [1.807, 2.05) is 25.1 Å². The molecule has 1 fully saturated rings. The minimum atomic E-state index is -0.184. The highest BCUT2D eigenvalue weighted by atomic mass is 16.5. The summed E-state index contributed by atoms with van der Waals surface area (Å²) >= 11 is 0. The van der Waals surface area contributed by atoms with Crippen LogP contribution in [0.4, 0.5) is 0 Å². The monoisotopic (exact) mass is 279 g/mol. The van der Waals surface area contributed by atoms with Gasteiger partial charge in [-0.3, -0.25) is 4.79 Å². The molecule has 1 aromatic carbocycles. The van der Waals surface area contributed by atoms with Crippen molar-refractivity contribution in [1.82, 2.24) is 5.32 Å². The lowest BCUT2D eigenvalue weighted by Crippen LogP contribution is -2.24. The largest absolute Gasteiger partial charge is 0.497 e. The zero-order valence-corrected chi connectivity index (χ0v) is 12.1. The van der Waals surface area contributed by atoms with E-state index in [9.17, 15) is 4.79 Å². The van der Waals surface area contributed by atoms with Gasteiger partial charge in [0.15, 0.2) is 0 Å². The number of nitrogens with one attached hydrogen (secondary N) is 1. The third-order valence-electron chi connectivity index (χ3n) is 3.64. The summed E-state index contributed by atoms with van der Waals surface area (Å²) in [5.41, 5.74) is 0.981. The van der Waals surface area contributed by atoms with Crippen LogP contribution in [0.1, 0.15) is 18.4 Å². The molecular weight excluding hydrogens is 258 g/mol. The number of ether oxygens (including phenoxy) is 3. The smallest absolute Gasteiger partial charge is 0.310 e. The van der Waals surface area contributed by atoms with Gasteiger partial charge in [0.1, 0.15) is 11.5 Å². The van der Waals surface area contributed by atoms with Crippen LogP contribution in [-0.4, -0.2) is 39.9 Å². The Balaban J connectivity index is 2.31. The third kappa shape index (κ3) is 2.88. The molecule has 0 bridgehead atoms. The van der Waals surface area contributed by atoms with Gasteiger partial charge in [-0.15, -0.1) is 0 Å². The van der Waals surface area contributed by atoms with Gasteiger partial charge in [0, 0.05) is 24.6 Å². The first-order valence-corrected chi connectivity index (χ1v) is 6.80. The van der Waals surface area contributed by atoms with Crippen molar-refractivity contribution in [1.29, 1.82) is 0 Å². The molecule has 2 atom stereocenters. The van der Waals surface area contributed by atoms with E-state index in [0.717, 1.165) is 23.6 Å². The highest BCUT2D eigenvalue weighted by molar-refractivity contribution is 5.75. The van der Waals surface area contributed by atoms with Crippen molar-refractivity contribution in [3.8, 4) is 11.5 Å². The molecule has 5 heteroatoms. The molecule has 20 heavy (non-hydrogen) atoms. The van der Waals surface area contributed by atoms with Crippen molar-refractivity contribution in [2.75, 3.05) is 33.9 Å². The van der Waals surface area contributed by atoms with Crippen LogP contribution in [0.15, 0.2) is 18.2 Å². The number of hydrogen-bond donors (Lipinski definition) is 1. The van der Waals surface area contributed by atoms with Gasteiger partial charge in [-0.05, 0) is 25.1 Å². The molecule has 0 aromatic heterocycles. The van der Waals surface area contributed by atoms with Crippen molar-refractivity contribution in [2.45, 2.75) is 12.8 Å². The molecule has 1 aliphatic heterocycles. The van der Waals surface area contributed by atoms with Crippen LogP contribution in [0.3, 0.4) is 0 Å². The Kier molecular flexibility index (Phi) is 4.84. The second-order valence-electron chi connectivity index (χ2n) is 4.73. The fourth-order valence-electron chi connectivity index (χ4n) is 2.63. The van der Waals surface area contributed by atoms with Crippen molar-refractivity contribution in [3.63, 3.8) is 0 Å². The van der Waals surface area contributed by atoms with Gasteiger partial charge in [0.05, 0.1) is 26.7 Å². The summed E-state index contributed by atoms with van der Waals surface area (Å²) < 4.78 is 15.8. The van der Waals surface area contributed by atoms with E-state index < -0.39 is 0 Å². The van der Waals surface area contributed by atoms with E-state index in [-0.39, 0.29) is 17.8 Å². The number of carbonyl (C=O) groups is 1. The van der Waals surface area contributed by atoms with E-state index in [1.165, 1.54) is 0 Å². The molecular formula is C15H21NO4. The first kappa shape index (κ1) is 14.7. The van der Waals surface area contributed by atoms with E-state index in [1.54, 1.807) is 14.2 Å². The van der Waals surface area contributed by atoms with E-state index in [2.05, 4.69) is 5.32 Å². The Bertz CT molecular complexity index is 475. The van der Waals surface area contributed by atoms with Gasteiger partial charge in [-0.2, -0.15) is 0 Å². The van der Waals surface area contributed by atoms with Gasteiger partial charge in [0.25, 0.3) is 0 Å². The predicted octanol–water partition coefficient (Wildman–Crippen LogP) is 1.57. The number of rotatable bonds is 5. The Morgan fingerprint density at radius 2 is 2.10 bits per heavy atom. The molecule has 2 rings (SSSR count). The second kappa shape index (κ2) is 6.61. The van der Waals surface area contributed by atoms with Gasteiger partial charge < -0.3 is 19.5 Å². The molecule has 1 heterocycles. The highest BCUT2D eigenvalue weighted by Crippen LogP contribution is 2.37. The normalized spacial score (nSPS) is 21.6. The Morgan fingerprint density at radius 3 is 2.75 bits per heavy atom. The fraction of sp³-hybridized carbons (Fsp3) is 0.533. The van der Waals surface area contributed by atoms with Crippen molar-refractivity contribution in [2.24, 2.45) is 5.92 Å². The summed E-state index contributed by atoms with van der Waals surface area (Å²) in [4.78, 5) is 12.0. The summed E-state index contributed by atoms with van der Waals surface area (Å²) in [7, 11) is 3.26. The minimum Gasteiger partial charge on any atom is -0.497 e. The Morgan fingerprint density at radius 1 is 1.30 bits per heavy atom. The molecule has 0 radical (unpaired) electrons. The van der Waals surface area contributed by atoms with Crippen molar-refractivity contribution >= 4 is 5.97 Å². The minimum absolute atomic E-state index is 0.0408. The molecule has 5 nitrogen and oxygen atoms in total. The van der Waals surface area contributed by atoms with Gasteiger partial charge in [0.2, 0.25) is 0 Å². The van der Waals surface area contributed by atoms with E-state index >= 15 is 0 Å². The molecule has 0 aliphatic carbocycles. The molecule has 1 saturated heterocycles. The maximum absolute atomic E-state index is 12.0. The summed E-state index contributed by atoms with van der Waals surface area (Å²) in [5, 5.41) is 3.25. The topological polar surface area (TPSA) is 56.8 Å². The molecule has 1 aromatic rings. The lowest BCUT2D eigenvalue weighted by atomic mass is 9.88. The lowest BCUT2D eigenvalue weighted by molar-refractivity contribution is -0.147. The van der Waals surface area contributed by atoms with Crippen LogP contribution in [0.5, 0.6) is 11.5 Å². The number of carbonyl (C=O) groups excluding carboxylic acids is 1. The van der Waals surface area contributed by atoms with Gasteiger partial charge in [-0.1, -0.05) is 0 Å². The maximum atomic E-state index is 12.0. The van der Waals surface area contributed by atoms with Crippen molar-refractivity contribution < 1.29 is 19.0 Å². The number of esters is 1. The second-order valence-corrected chi connectivity index (χ2v) is 4.73. The van der Waals surface area contributed by atoms with E-state index in [4.69, 9.17) is 14.2 Å². The van der Waals surface area contributed by atoms with Crippen LogP contribution in [0.25, 0.3) is 0 Å². The van der Waals surface area contributed by atoms with E-state index in [0.29, 0.717) is 13.2 Å². The number of methoxy groups -OCH3 is 2. The quantitative estimate of drug-likeness (QED) is 0.829. The van der Waals surface area contributed by atoms with Crippen LogP contribution in [0.2, 0.25) is 0 Å². The Hall–Kier alpha value is -1.75. The van der Waals surface area contributed by atoms with Gasteiger partial charge >= 0.3 is 5.97 Å². The van der Waals surface area contributed by atoms with Gasteiger partial charge in [-0.25, -0.2) is 0 Å². The van der Waals surface area contributed by atoms with Crippen LogP contribution < -0.4 is 14.8 Å². The van der Waals surface area contributed by atoms with Crippen LogP contribution in [0, 0.1) is 5.92 Å². The first-order valence-electron chi connectivity index (χ1n) is 6.80. The third-order valence-corrected chi connectivity index (χ3v) is 3.64. The summed E-state index contributed by atoms with van der Waals surface area (Å²) in [6.45, 7) is 3.58. The molecule has 1 aliphatic rings. The molecule has 0 amide bonds.